The van der Waals surface area contributed by atoms with E-state index in [-0.39, 0.29) is 12.6 Å². The van der Waals surface area contributed by atoms with Crippen LogP contribution in [0.3, 0.4) is 0 Å². The summed E-state index contributed by atoms with van der Waals surface area (Å²) in [5.41, 5.74) is 6.81. The Hall–Kier alpha value is -1.36. The van der Waals surface area contributed by atoms with Gasteiger partial charge in [0.1, 0.15) is 17.5 Å². The Morgan fingerprint density at radius 2 is 2.12 bits per heavy atom. The van der Waals surface area contributed by atoms with Crippen LogP contribution in [0, 0.1) is 6.92 Å². The molecule has 2 rings (SSSR count). The number of rotatable bonds is 4. The monoisotopic (exact) mass is 236 g/mol. The second-order valence-electron chi connectivity index (χ2n) is 4.83. The van der Waals surface area contributed by atoms with Crippen molar-refractivity contribution in [2.75, 3.05) is 24.3 Å². The Labute approximate surface area is 102 Å². The normalized spacial score (nSPS) is 16.9. The highest BCUT2D eigenvalue weighted by molar-refractivity contribution is 5.56. The molecule has 1 atom stereocenters. The van der Waals surface area contributed by atoms with Crippen LogP contribution in [0.2, 0.25) is 0 Å². The summed E-state index contributed by atoms with van der Waals surface area (Å²) < 4.78 is 0. The number of likely N-dealkylation sites (N-methyl/N-ethyl adjacent to an activating group) is 1. The third-order valence-electron chi connectivity index (χ3n) is 3.38. The van der Waals surface area contributed by atoms with Crippen molar-refractivity contribution in [3.63, 3.8) is 0 Å². The molecule has 0 spiro atoms. The first-order valence-corrected chi connectivity index (χ1v) is 6.02. The van der Waals surface area contributed by atoms with E-state index in [9.17, 15) is 5.11 Å². The molecule has 1 saturated carbocycles. The summed E-state index contributed by atoms with van der Waals surface area (Å²) in [6, 6.07) is 0.0232. The third kappa shape index (κ3) is 2.34. The van der Waals surface area contributed by atoms with Gasteiger partial charge in [-0.15, -0.1) is 0 Å². The molecular weight excluding hydrogens is 216 g/mol. The maximum absolute atomic E-state index is 9.20. The molecule has 1 unspecified atom stereocenters. The molecule has 1 heterocycles. The molecular formula is C12H20N4O. The number of hydrogen-bond donors (Lipinski definition) is 2. The summed E-state index contributed by atoms with van der Waals surface area (Å²) in [5, 5.41) is 9.20. The molecule has 3 N–H and O–H groups in total. The molecule has 0 saturated heterocycles. The zero-order chi connectivity index (χ0) is 12.6. The van der Waals surface area contributed by atoms with Gasteiger partial charge in [0.15, 0.2) is 0 Å². The van der Waals surface area contributed by atoms with E-state index in [0.717, 1.165) is 30.0 Å². The van der Waals surface area contributed by atoms with Gasteiger partial charge in [-0.05, 0) is 26.7 Å². The molecule has 17 heavy (non-hydrogen) atoms. The fraction of sp³-hybridized carbons (Fsp3) is 0.667. The van der Waals surface area contributed by atoms with Gasteiger partial charge in [-0.2, -0.15) is 0 Å². The lowest BCUT2D eigenvalue weighted by atomic mass is 10.2. The molecule has 1 aliphatic rings. The largest absolute Gasteiger partial charge is 0.394 e. The number of hydrogen-bond acceptors (Lipinski definition) is 5. The van der Waals surface area contributed by atoms with Gasteiger partial charge in [-0.25, -0.2) is 9.97 Å². The minimum atomic E-state index is 0.0232. The Bertz CT molecular complexity index is 417. The number of nitrogens with zero attached hydrogens (tertiary/aromatic N) is 3. The molecule has 0 radical (unpaired) electrons. The van der Waals surface area contributed by atoms with E-state index in [4.69, 9.17) is 5.73 Å². The first-order chi connectivity index (χ1) is 8.04. The molecule has 1 aliphatic carbocycles. The first-order valence-electron chi connectivity index (χ1n) is 6.02. The lowest BCUT2D eigenvalue weighted by Crippen LogP contribution is -2.33. The summed E-state index contributed by atoms with van der Waals surface area (Å²) in [6.45, 7) is 3.97. The topological polar surface area (TPSA) is 75.3 Å². The molecule has 5 nitrogen and oxygen atoms in total. The lowest BCUT2D eigenvalue weighted by Gasteiger charge is -2.26. The van der Waals surface area contributed by atoms with Crippen molar-refractivity contribution >= 4 is 11.6 Å². The number of nitrogen functional groups attached to an aromatic ring is 1. The fourth-order valence-electron chi connectivity index (χ4n) is 1.74. The zero-order valence-corrected chi connectivity index (χ0v) is 10.6. The van der Waals surface area contributed by atoms with Gasteiger partial charge in [0, 0.05) is 18.5 Å². The molecule has 94 valence electrons. The Balaban J connectivity index is 2.37. The number of anilines is 2. The van der Waals surface area contributed by atoms with Gasteiger partial charge in [-0.1, -0.05) is 0 Å². The summed E-state index contributed by atoms with van der Waals surface area (Å²) in [5.74, 6) is 2.71. The Morgan fingerprint density at radius 1 is 1.47 bits per heavy atom. The van der Waals surface area contributed by atoms with Crippen LogP contribution >= 0.6 is 0 Å². The molecule has 1 fully saturated rings. The van der Waals surface area contributed by atoms with E-state index >= 15 is 0 Å². The molecule has 1 aromatic rings. The highest BCUT2D eigenvalue weighted by Gasteiger charge is 2.28. The SMILES string of the molecule is Cc1c(N)nc(C2CC2)nc1N(C)C(C)CO. The van der Waals surface area contributed by atoms with Crippen molar-refractivity contribution in [3.05, 3.63) is 11.4 Å². The number of aromatic nitrogens is 2. The van der Waals surface area contributed by atoms with Gasteiger partial charge in [0.25, 0.3) is 0 Å². The van der Waals surface area contributed by atoms with E-state index in [1.807, 2.05) is 25.8 Å². The smallest absolute Gasteiger partial charge is 0.137 e. The average Bonchev–Trinajstić information content (AvgIpc) is 3.14. The predicted molar refractivity (Wildman–Crippen MR) is 68.1 cm³/mol. The number of nitrogens with two attached hydrogens (primary N) is 1. The second kappa shape index (κ2) is 4.49. The molecule has 0 amide bonds. The van der Waals surface area contributed by atoms with Gasteiger partial charge in [0.05, 0.1) is 12.6 Å². The molecule has 5 heteroatoms. The molecule has 0 aromatic carbocycles. The highest BCUT2D eigenvalue weighted by Crippen LogP contribution is 2.39. The first kappa shape index (κ1) is 12.1. The van der Waals surface area contributed by atoms with E-state index in [2.05, 4.69) is 9.97 Å². The maximum Gasteiger partial charge on any atom is 0.137 e. The van der Waals surface area contributed by atoms with Crippen LogP contribution in [0.5, 0.6) is 0 Å². The third-order valence-corrected chi connectivity index (χ3v) is 3.38. The molecule has 1 aromatic heterocycles. The van der Waals surface area contributed by atoms with Crippen LogP contribution in [0.15, 0.2) is 0 Å². The Morgan fingerprint density at radius 3 is 2.65 bits per heavy atom. The van der Waals surface area contributed by atoms with Crippen molar-refractivity contribution < 1.29 is 5.11 Å². The standard InChI is InChI=1S/C12H20N4O/c1-7(6-17)16(3)12-8(2)10(13)14-11(15-12)9-4-5-9/h7,9,17H,4-6H2,1-3H3,(H2,13,14,15). The summed E-state index contributed by atoms with van der Waals surface area (Å²) in [4.78, 5) is 10.9. The van der Waals surface area contributed by atoms with Crippen molar-refractivity contribution in [1.82, 2.24) is 9.97 Å². The van der Waals surface area contributed by atoms with Crippen LogP contribution in [0.4, 0.5) is 11.6 Å². The van der Waals surface area contributed by atoms with Crippen molar-refractivity contribution in [2.24, 2.45) is 0 Å². The predicted octanol–water partition coefficient (Wildman–Crippen LogP) is 1.06. The minimum Gasteiger partial charge on any atom is -0.394 e. The molecule has 0 aliphatic heterocycles. The van der Waals surface area contributed by atoms with E-state index < -0.39 is 0 Å². The van der Waals surface area contributed by atoms with Crippen molar-refractivity contribution in [1.29, 1.82) is 0 Å². The van der Waals surface area contributed by atoms with Gasteiger partial charge in [0.2, 0.25) is 0 Å². The summed E-state index contributed by atoms with van der Waals surface area (Å²) in [7, 11) is 1.92. The van der Waals surface area contributed by atoms with Crippen molar-refractivity contribution in [2.45, 2.75) is 38.6 Å². The summed E-state index contributed by atoms with van der Waals surface area (Å²) >= 11 is 0. The van der Waals surface area contributed by atoms with E-state index in [1.54, 1.807) is 0 Å². The minimum absolute atomic E-state index is 0.0232. The van der Waals surface area contributed by atoms with Crippen molar-refractivity contribution in [3.8, 4) is 0 Å². The van der Waals surface area contributed by atoms with Gasteiger partial charge < -0.3 is 15.7 Å². The van der Waals surface area contributed by atoms with Crippen LogP contribution in [0.25, 0.3) is 0 Å². The highest BCUT2D eigenvalue weighted by atomic mass is 16.3. The van der Waals surface area contributed by atoms with Gasteiger partial charge >= 0.3 is 0 Å². The van der Waals surface area contributed by atoms with Crippen LogP contribution < -0.4 is 10.6 Å². The average molecular weight is 236 g/mol. The van der Waals surface area contributed by atoms with Crippen LogP contribution in [-0.4, -0.2) is 34.8 Å². The Kier molecular flexibility index (Phi) is 3.19. The number of aliphatic hydroxyl groups is 1. The van der Waals surface area contributed by atoms with E-state index in [0.29, 0.717) is 11.7 Å². The van der Waals surface area contributed by atoms with Crippen LogP contribution in [0.1, 0.15) is 37.1 Å². The maximum atomic E-state index is 9.20. The zero-order valence-electron chi connectivity index (χ0n) is 10.6. The number of aliphatic hydroxyl groups excluding tert-OH is 1. The summed E-state index contributed by atoms with van der Waals surface area (Å²) in [6.07, 6.45) is 2.31. The fourth-order valence-corrected chi connectivity index (χ4v) is 1.74. The van der Waals surface area contributed by atoms with Crippen LogP contribution in [-0.2, 0) is 0 Å². The van der Waals surface area contributed by atoms with E-state index in [1.165, 1.54) is 0 Å². The quantitative estimate of drug-likeness (QED) is 0.817. The lowest BCUT2D eigenvalue weighted by molar-refractivity contribution is 0.269. The molecule has 0 bridgehead atoms. The second-order valence-corrected chi connectivity index (χ2v) is 4.83. The van der Waals surface area contributed by atoms with Gasteiger partial charge in [-0.3, -0.25) is 0 Å².